The molecule has 0 amide bonds. The second-order valence-corrected chi connectivity index (χ2v) is 4.02. The Morgan fingerprint density at radius 1 is 1.50 bits per heavy atom. The molecule has 0 aliphatic carbocycles. The summed E-state index contributed by atoms with van der Waals surface area (Å²) < 4.78 is 0. The van der Waals surface area contributed by atoms with Gasteiger partial charge in [-0.3, -0.25) is 10.1 Å². The summed E-state index contributed by atoms with van der Waals surface area (Å²) in [6, 6.07) is 3.69. The number of carboxylic acid groups (broad SMARTS) is 1. The molecule has 0 fully saturated rings. The highest BCUT2D eigenvalue weighted by atomic mass is 16.6. The van der Waals surface area contributed by atoms with Gasteiger partial charge in [0.25, 0.3) is 5.69 Å². The van der Waals surface area contributed by atoms with Crippen molar-refractivity contribution in [3.05, 3.63) is 33.9 Å². The SMILES string of the molecule is CN(C)CCNc1cc(C(=O)O)ccc1[N+](=O)[O-]. The Morgan fingerprint density at radius 3 is 2.67 bits per heavy atom. The molecule has 0 atom stereocenters. The van der Waals surface area contributed by atoms with Crippen LogP contribution in [0.2, 0.25) is 0 Å². The number of carboxylic acids is 1. The van der Waals surface area contributed by atoms with E-state index in [-0.39, 0.29) is 16.9 Å². The van der Waals surface area contributed by atoms with Crippen molar-refractivity contribution in [2.45, 2.75) is 0 Å². The van der Waals surface area contributed by atoms with Crippen molar-refractivity contribution in [2.75, 3.05) is 32.5 Å². The first-order chi connectivity index (χ1) is 8.41. The lowest BCUT2D eigenvalue weighted by atomic mass is 10.1. The topological polar surface area (TPSA) is 95.7 Å². The summed E-state index contributed by atoms with van der Waals surface area (Å²) in [5, 5.41) is 22.5. The standard InChI is InChI=1S/C11H15N3O4/c1-13(2)6-5-12-9-7-8(11(15)16)3-4-10(9)14(17)18/h3-4,7,12H,5-6H2,1-2H3,(H,15,16). The molecule has 1 rings (SSSR count). The van der Waals surface area contributed by atoms with Gasteiger partial charge < -0.3 is 15.3 Å². The van der Waals surface area contributed by atoms with Crippen LogP contribution < -0.4 is 5.32 Å². The molecule has 0 aliphatic heterocycles. The van der Waals surface area contributed by atoms with Crippen molar-refractivity contribution in [3.63, 3.8) is 0 Å². The first-order valence-corrected chi connectivity index (χ1v) is 5.32. The third-order valence-electron chi connectivity index (χ3n) is 2.31. The fourth-order valence-corrected chi connectivity index (χ4v) is 1.38. The minimum Gasteiger partial charge on any atom is -0.478 e. The second-order valence-electron chi connectivity index (χ2n) is 4.02. The summed E-state index contributed by atoms with van der Waals surface area (Å²) in [6.07, 6.45) is 0. The third-order valence-corrected chi connectivity index (χ3v) is 2.31. The molecule has 18 heavy (non-hydrogen) atoms. The van der Waals surface area contributed by atoms with Gasteiger partial charge >= 0.3 is 5.97 Å². The number of likely N-dealkylation sites (N-methyl/N-ethyl adjacent to an activating group) is 1. The summed E-state index contributed by atoms with van der Waals surface area (Å²) in [5.74, 6) is -1.11. The van der Waals surface area contributed by atoms with E-state index >= 15 is 0 Å². The molecule has 0 radical (unpaired) electrons. The van der Waals surface area contributed by atoms with E-state index in [2.05, 4.69) is 5.32 Å². The van der Waals surface area contributed by atoms with Crippen LogP contribution in [0.1, 0.15) is 10.4 Å². The second kappa shape index (κ2) is 5.97. The van der Waals surface area contributed by atoms with Crippen molar-refractivity contribution in [1.82, 2.24) is 4.90 Å². The highest BCUT2D eigenvalue weighted by molar-refractivity contribution is 5.90. The summed E-state index contributed by atoms with van der Waals surface area (Å²) in [5.41, 5.74) is 0.119. The Hall–Kier alpha value is -2.15. The van der Waals surface area contributed by atoms with Gasteiger partial charge in [-0.05, 0) is 26.2 Å². The molecule has 0 saturated carbocycles. The van der Waals surface area contributed by atoms with Gasteiger partial charge in [0.05, 0.1) is 10.5 Å². The largest absolute Gasteiger partial charge is 0.478 e. The minimum absolute atomic E-state index is 0.0213. The Bertz CT molecular complexity index is 460. The van der Waals surface area contributed by atoms with E-state index in [9.17, 15) is 14.9 Å². The molecule has 0 saturated heterocycles. The number of hydrogen-bond acceptors (Lipinski definition) is 5. The molecule has 98 valence electrons. The molecule has 7 heteroatoms. The molecular weight excluding hydrogens is 238 g/mol. The van der Waals surface area contributed by atoms with Crippen LogP contribution in [0.25, 0.3) is 0 Å². The zero-order chi connectivity index (χ0) is 13.7. The van der Waals surface area contributed by atoms with Gasteiger partial charge in [-0.25, -0.2) is 4.79 Å². The van der Waals surface area contributed by atoms with E-state index in [1.165, 1.54) is 18.2 Å². The minimum atomic E-state index is -1.11. The van der Waals surface area contributed by atoms with Crippen LogP contribution in [-0.4, -0.2) is 48.1 Å². The molecule has 0 spiro atoms. The fourth-order valence-electron chi connectivity index (χ4n) is 1.38. The summed E-state index contributed by atoms with van der Waals surface area (Å²) in [7, 11) is 3.76. The van der Waals surface area contributed by atoms with Crippen molar-refractivity contribution in [3.8, 4) is 0 Å². The Kier molecular flexibility index (Phi) is 4.61. The molecule has 0 aliphatic rings. The molecule has 1 aromatic carbocycles. The van der Waals surface area contributed by atoms with Crippen molar-refractivity contribution < 1.29 is 14.8 Å². The quantitative estimate of drug-likeness (QED) is 0.585. The Labute approximate surface area is 104 Å². The van der Waals surface area contributed by atoms with Crippen LogP contribution in [0.5, 0.6) is 0 Å². The highest BCUT2D eigenvalue weighted by Crippen LogP contribution is 2.25. The molecular formula is C11H15N3O4. The first-order valence-electron chi connectivity index (χ1n) is 5.32. The van der Waals surface area contributed by atoms with Crippen LogP contribution in [-0.2, 0) is 0 Å². The van der Waals surface area contributed by atoms with Gasteiger partial charge in [-0.1, -0.05) is 0 Å². The predicted molar refractivity (Wildman–Crippen MR) is 67.1 cm³/mol. The van der Waals surface area contributed by atoms with Gasteiger partial charge in [-0.2, -0.15) is 0 Å². The van der Waals surface area contributed by atoms with Gasteiger partial charge in [0.1, 0.15) is 5.69 Å². The summed E-state index contributed by atoms with van der Waals surface area (Å²) in [4.78, 5) is 23.0. The molecule has 0 aromatic heterocycles. The van der Waals surface area contributed by atoms with E-state index in [4.69, 9.17) is 5.11 Å². The number of nitrogens with one attached hydrogen (secondary N) is 1. The highest BCUT2D eigenvalue weighted by Gasteiger charge is 2.16. The monoisotopic (exact) mass is 253 g/mol. The van der Waals surface area contributed by atoms with Crippen molar-refractivity contribution in [2.24, 2.45) is 0 Å². The van der Waals surface area contributed by atoms with Gasteiger partial charge in [0.2, 0.25) is 0 Å². The van der Waals surface area contributed by atoms with E-state index in [0.29, 0.717) is 13.1 Å². The Balaban J connectivity index is 2.93. The number of nitro groups is 1. The fraction of sp³-hybridized carbons (Fsp3) is 0.364. The lowest BCUT2D eigenvalue weighted by Gasteiger charge is -2.11. The predicted octanol–water partition coefficient (Wildman–Crippen LogP) is 1.27. The van der Waals surface area contributed by atoms with E-state index < -0.39 is 10.9 Å². The van der Waals surface area contributed by atoms with Crippen molar-refractivity contribution >= 4 is 17.3 Å². The number of nitro benzene ring substituents is 1. The van der Waals surface area contributed by atoms with Gasteiger partial charge in [0, 0.05) is 19.2 Å². The smallest absolute Gasteiger partial charge is 0.335 e. The van der Waals surface area contributed by atoms with Gasteiger partial charge in [0.15, 0.2) is 0 Å². The molecule has 1 aromatic rings. The number of hydrogen-bond donors (Lipinski definition) is 2. The van der Waals surface area contributed by atoms with Crippen LogP contribution in [0.15, 0.2) is 18.2 Å². The van der Waals surface area contributed by atoms with E-state index in [0.717, 1.165) is 0 Å². The van der Waals surface area contributed by atoms with Crippen LogP contribution in [0.3, 0.4) is 0 Å². The van der Waals surface area contributed by atoms with Gasteiger partial charge in [-0.15, -0.1) is 0 Å². The number of nitrogens with zero attached hydrogens (tertiary/aromatic N) is 2. The third kappa shape index (κ3) is 3.70. The average molecular weight is 253 g/mol. The Morgan fingerprint density at radius 2 is 2.17 bits per heavy atom. The van der Waals surface area contributed by atoms with Crippen LogP contribution >= 0.6 is 0 Å². The molecule has 2 N–H and O–H groups in total. The van der Waals surface area contributed by atoms with Crippen LogP contribution in [0, 0.1) is 10.1 Å². The normalized spacial score (nSPS) is 10.4. The zero-order valence-electron chi connectivity index (χ0n) is 10.2. The lowest BCUT2D eigenvalue weighted by molar-refractivity contribution is -0.384. The lowest BCUT2D eigenvalue weighted by Crippen LogP contribution is -2.21. The average Bonchev–Trinajstić information content (AvgIpc) is 2.27. The number of rotatable bonds is 6. The first kappa shape index (κ1) is 13.9. The number of carbonyl (C=O) groups is 1. The molecule has 0 unspecified atom stereocenters. The maximum Gasteiger partial charge on any atom is 0.335 e. The maximum atomic E-state index is 10.8. The number of anilines is 1. The van der Waals surface area contributed by atoms with E-state index in [1.807, 2.05) is 19.0 Å². The number of aromatic carboxylic acids is 1. The maximum absolute atomic E-state index is 10.8. The molecule has 0 bridgehead atoms. The molecule has 7 nitrogen and oxygen atoms in total. The van der Waals surface area contributed by atoms with E-state index in [1.54, 1.807) is 0 Å². The molecule has 0 heterocycles. The number of benzene rings is 1. The summed E-state index contributed by atoms with van der Waals surface area (Å²) in [6.45, 7) is 1.19. The van der Waals surface area contributed by atoms with Crippen molar-refractivity contribution in [1.29, 1.82) is 0 Å². The zero-order valence-corrected chi connectivity index (χ0v) is 10.2. The van der Waals surface area contributed by atoms with Crippen LogP contribution in [0.4, 0.5) is 11.4 Å². The summed E-state index contributed by atoms with van der Waals surface area (Å²) >= 11 is 0.